The third kappa shape index (κ3) is 8.74. The molecular weight excluding hydrogens is 792 g/mol. The van der Waals surface area contributed by atoms with Crippen molar-refractivity contribution in [1.29, 1.82) is 0 Å². The second-order valence-corrected chi connectivity index (χ2v) is 21.9. The van der Waals surface area contributed by atoms with E-state index in [2.05, 4.69) is 79.6 Å². The monoisotopic (exact) mass is 844 g/mol. The molecule has 3 atom stereocenters. The number of benzene rings is 4. The van der Waals surface area contributed by atoms with E-state index in [4.69, 9.17) is 24.9 Å². The molecule has 1 aliphatic heterocycles. The van der Waals surface area contributed by atoms with Crippen molar-refractivity contribution in [3.05, 3.63) is 131 Å². The molecule has 0 amide bonds. The van der Waals surface area contributed by atoms with Crippen LogP contribution in [0.4, 0.5) is 0 Å². The van der Waals surface area contributed by atoms with Gasteiger partial charge in [-0.2, -0.15) is 12.7 Å². The maximum atomic E-state index is 13.1. The van der Waals surface area contributed by atoms with Crippen LogP contribution in [0.2, 0.25) is 5.04 Å². The summed E-state index contributed by atoms with van der Waals surface area (Å²) in [5, 5.41) is 21.1. The van der Waals surface area contributed by atoms with Crippen molar-refractivity contribution in [3.8, 4) is 0 Å². The Labute approximate surface area is 348 Å². The topological polar surface area (TPSA) is 133 Å². The molecule has 1 aliphatic rings. The molecule has 0 saturated carbocycles. The van der Waals surface area contributed by atoms with E-state index in [1.807, 2.05) is 61.0 Å². The molecule has 0 fully saturated rings. The Balaban J connectivity index is 1.31. The van der Waals surface area contributed by atoms with Crippen LogP contribution in [0, 0.1) is 13.8 Å². The number of halogens is 1. The molecular formula is C44H53ClN4O7SSi. The Kier molecular flexibility index (Phi) is 13.2. The van der Waals surface area contributed by atoms with E-state index in [1.54, 1.807) is 13.8 Å². The fourth-order valence-electron chi connectivity index (χ4n) is 8.18. The van der Waals surface area contributed by atoms with Crippen LogP contribution in [-0.2, 0) is 35.0 Å². The van der Waals surface area contributed by atoms with Crippen LogP contribution >= 0.6 is 11.6 Å². The molecule has 58 heavy (non-hydrogen) atoms. The molecule has 4 aromatic carbocycles. The van der Waals surface area contributed by atoms with E-state index in [0.29, 0.717) is 24.4 Å². The van der Waals surface area contributed by atoms with Gasteiger partial charge in [-0.15, -0.1) is 16.7 Å². The summed E-state index contributed by atoms with van der Waals surface area (Å²) < 4.78 is 46.4. The number of fused-ring (bicyclic) bond motifs is 1. The zero-order valence-corrected chi connectivity index (χ0v) is 36.8. The average molecular weight is 846 g/mol. The van der Waals surface area contributed by atoms with Crippen LogP contribution in [0.15, 0.2) is 103 Å². The summed E-state index contributed by atoms with van der Waals surface area (Å²) in [5.41, 5.74) is 5.74. The number of aryl methyl sites for hydroxylation is 3. The SMILES string of the molecule is CCOC(=O)CC(c1ccc(C)c([C@@H](C)N2CC=C(O)OS2(=O)=O)c1)c1ccc2c(nnn2CC[C@@H](CCl)O[Si](c2ccccc2)(c2ccccc2)C(C)(C)C)c1C. The Bertz CT molecular complexity index is 2330. The number of rotatable bonds is 15. The molecule has 14 heteroatoms. The van der Waals surface area contributed by atoms with E-state index in [9.17, 15) is 18.3 Å². The van der Waals surface area contributed by atoms with Gasteiger partial charge in [-0.1, -0.05) is 111 Å². The van der Waals surface area contributed by atoms with E-state index in [0.717, 1.165) is 33.3 Å². The highest BCUT2D eigenvalue weighted by Gasteiger charge is 2.51. The number of esters is 1. The summed E-state index contributed by atoms with van der Waals surface area (Å²) in [5.74, 6) is -1.12. The van der Waals surface area contributed by atoms with Gasteiger partial charge in [0, 0.05) is 31.0 Å². The fraction of sp³-hybridized carbons (Fsp3) is 0.386. The van der Waals surface area contributed by atoms with Crippen molar-refractivity contribution < 1.29 is 31.7 Å². The summed E-state index contributed by atoms with van der Waals surface area (Å²) >= 11 is 6.73. The van der Waals surface area contributed by atoms with Crippen molar-refractivity contribution in [2.75, 3.05) is 19.0 Å². The first-order valence-corrected chi connectivity index (χ1v) is 23.5. The largest absolute Gasteiger partial charge is 0.480 e. The van der Waals surface area contributed by atoms with Crippen molar-refractivity contribution in [2.24, 2.45) is 0 Å². The lowest BCUT2D eigenvalue weighted by molar-refractivity contribution is -0.143. The first-order chi connectivity index (χ1) is 27.6. The minimum atomic E-state index is -4.22. The maximum Gasteiger partial charge on any atom is 0.388 e. The molecule has 1 aromatic heterocycles. The van der Waals surface area contributed by atoms with Gasteiger partial charge in [0.15, 0.2) is 0 Å². The van der Waals surface area contributed by atoms with Gasteiger partial charge in [0.1, 0.15) is 5.52 Å². The molecule has 2 heterocycles. The summed E-state index contributed by atoms with van der Waals surface area (Å²) in [6, 6.07) is 30.2. The molecule has 0 radical (unpaired) electrons. The van der Waals surface area contributed by atoms with Crippen LogP contribution in [0.25, 0.3) is 11.0 Å². The number of nitrogens with zero attached hydrogens (tertiary/aromatic N) is 4. The predicted molar refractivity (Wildman–Crippen MR) is 230 cm³/mol. The van der Waals surface area contributed by atoms with Gasteiger partial charge in [-0.3, -0.25) is 4.79 Å². The number of aliphatic hydroxyl groups is 1. The van der Waals surface area contributed by atoms with Gasteiger partial charge in [0.25, 0.3) is 14.3 Å². The molecule has 308 valence electrons. The number of hydrogen-bond acceptors (Lipinski definition) is 9. The van der Waals surface area contributed by atoms with Gasteiger partial charge in [-0.25, -0.2) is 4.68 Å². The normalized spacial score (nSPS) is 16.3. The maximum absolute atomic E-state index is 13.1. The second-order valence-electron chi connectivity index (χ2n) is 15.8. The zero-order valence-electron chi connectivity index (χ0n) is 34.2. The van der Waals surface area contributed by atoms with Gasteiger partial charge in [0.2, 0.25) is 0 Å². The number of hydrogen-bond donors (Lipinski definition) is 1. The standard InChI is InChI=1S/C44H53ClN4O7SSi/c1-8-54-42(51)28-39(33-20-19-30(2)38(27-33)32(4)49-26-24-41(50)55-57(49,52)53)37-21-22-40-43(31(37)3)46-47-48(40)25-23-34(29-45)56-58(44(5,6)7,35-15-11-9-12-16-35)36-17-13-10-14-18-36/h9-22,24,27,32,34,39,50H,8,23,25-26,28-29H2,1-7H3/t32-,34+,39?/m1/s1. The number of ether oxygens (including phenoxy) is 1. The highest BCUT2D eigenvalue weighted by atomic mass is 35.5. The lowest BCUT2D eigenvalue weighted by Gasteiger charge is -2.45. The number of aliphatic hydroxyl groups excluding tert-OH is 1. The molecule has 11 nitrogen and oxygen atoms in total. The van der Waals surface area contributed by atoms with Crippen molar-refractivity contribution >= 4 is 57.6 Å². The molecule has 0 spiro atoms. The Morgan fingerprint density at radius 1 is 0.983 bits per heavy atom. The minimum absolute atomic E-state index is 0.0477. The second kappa shape index (κ2) is 17.8. The number of carbonyl (C=O) groups excluding carboxylic acids is 1. The Hall–Kier alpha value is -4.53. The van der Waals surface area contributed by atoms with Crippen LogP contribution in [0.1, 0.15) is 87.2 Å². The van der Waals surface area contributed by atoms with Gasteiger partial charge < -0.3 is 18.5 Å². The zero-order chi connectivity index (χ0) is 41.8. The quantitative estimate of drug-likeness (QED) is 0.0639. The average Bonchev–Trinajstić information content (AvgIpc) is 3.61. The molecule has 5 aromatic rings. The van der Waals surface area contributed by atoms with E-state index >= 15 is 0 Å². The Morgan fingerprint density at radius 3 is 2.22 bits per heavy atom. The number of alkyl halides is 1. The molecule has 0 aliphatic carbocycles. The van der Waals surface area contributed by atoms with Gasteiger partial charge in [-0.05, 0) is 83.4 Å². The highest BCUT2D eigenvalue weighted by Crippen LogP contribution is 2.39. The predicted octanol–water partition coefficient (Wildman–Crippen LogP) is 7.74. The lowest BCUT2D eigenvalue weighted by atomic mass is 9.83. The number of aromatic nitrogens is 3. The Morgan fingerprint density at radius 2 is 1.64 bits per heavy atom. The van der Waals surface area contributed by atoms with Crippen LogP contribution in [-0.4, -0.2) is 72.2 Å². The highest BCUT2D eigenvalue weighted by molar-refractivity contribution is 7.84. The van der Waals surface area contributed by atoms with Gasteiger partial charge >= 0.3 is 16.3 Å². The summed E-state index contributed by atoms with van der Waals surface area (Å²) in [4.78, 5) is 13.1. The van der Waals surface area contributed by atoms with Crippen LogP contribution in [0.3, 0.4) is 0 Å². The molecule has 6 rings (SSSR count). The lowest BCUT2D eigenvalue weighted by Crippen LogP contribution is -2.67. The van der Waals surface area contributed by atoms with Crippen LogP contribution in [0.5, 0.6) is 0 Å². The molecule has 1 N–H and O–H groups in total. The first kappa shape index (κ1) is 43.1. The third-order valence-electron chi connectivity index (χ3n) is 11.1. The van der Waals surface area contributed by atoms with Crippen molar-refractivity contribution in [2.45, 2.75) is 91.0 Å². The van der Waals surface area contributed by atoms with Crippen LogP contribution < -0.4 is 10.4 Å². The number of carbonyl (C=O) groups is 1. The smallest absolute Gasteiger partial charge is 0.388 e. The summed E-state index contributed by atoms with van der Waals surface area (Å²) in [6.45, 7) is 14.9. The minimum Gasteiger partial charge on any atom is -0.480 e. The molecule has 0 saturated heterocycles. The summed E-state index contributed by atoms with van der Waals surface area (Å²) in [6.07, 6.45) is 1.71. The fourth-order valence-corrected chi connectivity index (χ4v) is 14.4. The van der Waals surface area contributed by atoms with E-state index < -0.39 is 36.5 Å². The van der Waals surface area contributed by atoms with Crippen molar-refractivity contribution in [3.63, 3.8) is 0 Å². The summed E-state index contributed by atoms with van der Waals surface area (Å²) in [7, 11) is -7.06. The van der Waals surface area contributed by atoms with Gasteiger partial charge in [0.05, 0.1) is 30.7 Å². The molecule has 1 unspecified atom stereocenters. The van der Waals surface area contributed by atoms with E-state index in [-0.39, 0.29) is 36.7 Å². The van der Waals surface area contributed by atoms with E-state index in [1.165, 1.54) is 20.8 Å². The third-order valence-corrected chi connectivity index (χ3v) is 18.0. The van der Waals surface area contributed by atoms with Crippen molar-refractivity contribution in [1.82, 2.24) is 19.3 Å². The first-order valence-electron chi connectivity index (χ1n) is 19.6. The molecule has 0 bridgehead atoms.